The van der Waals surface area contributed by atoms with Gasteiger partial charge >= 0.3 is 0 Å². The summed E-state index contributed by atoms with van der Waals surface area (Å²) in [5, 5.41) is 3.14. The molecular weight excluding hydrogens is 347 g/mol. The SMILES string of the molecule is O=C(Cc1c(F)cccc1Cl)NC1CCN(C(=O)c2ccoc2)CC1. The number of amides is 2. The number of likely N-dealkylation sites (tertiary alicyclic amines) is 1. The number of carbonyl (C=O) groups is 2. The summed E-state index contributed by atoms with van der Waals surface area (Å²) in [4.78, 5) is 26.1. The Morgan fingerprint density at radius 1 is 1.28 bits per heavy atom. The first-order valence-electron chi connectivity index (χ1n) is 8.08. The molecule has 1 aromatic heterocycles. The molecule has 2 aromatic rings. The fourth-order valence-corrected chi connectivity index (χ4v) is 3.17. The van der Waals surface area contributed by atoms with Gasteiger partial charge < -0.3 is 14.6 Å². The number of carbonyl (C=O) groups excluding carboxylic acids is 2. The third-order valence-corrected chi connectivity index (χ3v) is 4.67. The Balaban J connectivity index is 1.50. The van der Waals surface area contributed by atoms with Gasteiger partial charge in [-0.05, 0) is 31.0 Å². The first-order valence-corrected chi connectivity index (χ1v) is 8.46. The van der Waals surface area contributed by atoms with E-state index in [0.717, 1.165) is 0 Å². The van der Waals surface area contributed by atoms with Crippen molar-refractivity contribution in [2.75, 3.05) is 13.1 Å². The minimum Gasteiger partial charge on any atom is -0.472 e. The maximum atomic E-state index is 13.7. The lowest BCUT2D eigenvalue weighted by Gasteiger charge is -2.32. The summed E-state index contributed by atoms with van der Waals surface area (Å²) in [7, 11) is 0. The molecule has 1 saturated heterocycles. The minimum absolute atomic E-state index is 0.0357. The van der Waals surface area contributed by atoms with Gasteiger partial charge in [-0.25, -0.2) is 4.39 Å². The van der Waals surface area contributed by atoms with Crippen LogP contribution < -0.4 is 5.32 Å². The standard InChI is InChI=1S/C18H18ClFN2O3/c19-15-2-1-3-16(20)14(15)10-17(23)21-13-4-7-22(8-5-13)18(24)12-6-9-25-11-12/h1-3,6,9,11,13H,4-5,7-8,10H2,(H,21,23). The number of benzene rings is 1. The molecule has 7 heteroatoms. The molecule has 2 heterocycles. The highest BCUT2D eigenvalue weighted by Crippen LogP contribution is 2.20. The zero-order valence-corrected chi connectivity index (χ0v) is 14.3. The predicted octanol–water partition coefficient (Wildman–Crippen LogP) is 3.04. The van der Waals surface area contributed by atoms with E-state index in [0.29, 0.717) is 31.5 Å². The molecule has 3 rings (SSSR count). The average Bonchev–Trinajstić information content (AvgIpc) is 3.13. The van der Waals surface area contributed by atoms with Gasteiger partial charge in [0.25, 0.3) is 5.91 Å². The van der Waals surface area contributed by atoms with Crippen LogP contribution in [0.4, 0.5) is 4.39 Å². The van der Waals surface area contributed by atoms with Gasteiger partial charge in [0.05, 0.1) is 18.2 Å². The molecule has 0 saturated carbocycles. The van der Waals surface area contributed by atoms with Crippen molar-refractivity contribution in [1.82, 2.24) is 10.2 Å². The van der Waals surface area contributed by atoms with E-state index in [1.54, 1.807) is 17.0 Å². The number of hydrogen-bond donors (Lipinski definition) is 1. The van der Waals surface area contributed by atoms with Crippen LogP contribution in [-0.2, 0) is 11.2 Å². The highest BCUT2D eigenvalue weighted by Gasteiger charge is 2.25. The summed E-state index contributed by atoms with van der Waals surface area (Å²) in [5.74, 6) is -0.827. The molecule has 2 amide bonds. The van der Waals surface area contributed by atoms with Crippen LogP contribution in [0.5, 0.6) is 0 Å². The maximum absolute atomic E-state index is 13.7. The monoisotopic (exact) mass is 364 g/mol. The van der Waals surface area contributed by atoms with Gasteiger partial charge in [0.15, 0.2) is 0 Å². The van der Waals surface area contributed by atoms with Crippen molar-refractivity contribution in [3.63, 3.8) is 0 Å². The van der Waals surface area contributed by atoms with Crippen molar-refractivity contribution in [1.29, 1.82) is 0 Å². The molecule has 1 aromatic carbocycles. The Morgan fingerprint density at radius 2 is 2.04 bits per heavy atom. The van der Waals surface area contributed by atoms with E-state index >= 15 is 0 Å². The summed E-state index contributed by atoms with van der Waals surface area (Å²) in [6, 6.07) is 5.95. The van der Waals surface area contributed by atoms with E-state index in [-0.39, 0.29) is 34.9 Å². The molecule has 0 unspecified atom stereocenters. The van der Waals surface area contributed by atoms with E-state index < -0.39 is 5.82 Å². The fourth-order valence-electron chi connectivity index (χ4n) is 2.94. The Labute approximate surface area is 149 Å². The summed E-state index contributed by atoms with van der Waals surface area (Å²) >= 11 is 5.95. The lowest BCUT2D eigenvalue weighted by Crippen LogP contribution is -2.46. The topological polar surface area (TPSA) is 62.6 Å². The molecule has 0 radical (unpaired) electrons. The van der Waals surface area contributed by atoms with Crippen LogP contribution in [0.3, 0.4) is 0 Å². The summed E-state index contributed by atoms with van der Waals surface area (Å²) < 4.78 is 18.7. The van der Waals surface area contributed by atoms with Crippen molar-refractivity contribution >= 4 is 23.4 Å². The van der Waals surface area contributed by atoms with Crippen LogP contribution in [0.2, 0.25) is 5.02 Å². The summed E-state index contributed by atoms with van der Waals surface area (Å²) in [6.45, 7) is 1.10. The van der Waals surface area contributed by atoms with Crippen molar-refractivity contribution in [3.8, 4) is 0 Å². The quantitative estimate of drug-likeness (QED) is 0.907. The largest absolute Gasteiger partial charge is 0.472 e. The zero-order chi connectivity index (χ0) is 17.8. The number of furan rings is 1. The molecule has 0 aliphatic carbocycles. The first kappa shape index (κ1) is 17.5. The molecule has 1 fully saturated rings. The van der Waals surface area contributed by atoms with Crippen LogP contribution >= 0.6 is 11.6 Å². The molecule has 25 heavy (non-hydrogen) atoms. The molecule has 1 N–H and O–H groups in total. The van der Waals surface area contributed by atoms with Crippen molar-refractivity contribution < 1.29 is 18.4 Å². The normalized spacial score (nSPS) is 15.2. The van der Waals surface area contributed by atoms with Gasteiger partial charge in [-0.3, -0.25) is 9.59 Å². The van der Waals surface area contributed by atoms with Crippen molar-refractivity contribution in [2.45, 2.75) is 25.3 Å². The molecule has 0 bridgehead atoms. The van der Waals surface area contributed by atoms with Gasteiger partial charge in [0, 0.05) is 29.7 Å². The number of piperidine rings is 1. The van der Waals surface area contributed by atoms with Crippen LogP contribution in [0.1, 0.15) is 28.8 Å². The molecule has 1 aliphatic heterocycles. The Kier molecular flexibility index (Phi) is 5.38. The lowest BCUT2D eigenvalue weighted by atomic mass is 10.0. The first-order chi connectivity index (χ1) is 12.0. The lowest BCUT2D eigenvalue weighted by molar-refractivity contribution is -0.121. The van der Waals surface area contributed by atoms with Crippen LogP contribution in [-0.4, -0.2) is 35.8 Å². The van der Waals surface area contributed by atoms with Crippen LogP contribution in [0.25, 0.3) is 0 Å². The Morgan fingerprint density at radius 3 is 2.68 bits per heavy atom. The smallest absolute Gasteiger partial charge is 0.257 e. The second-order valence-electron chi connectivity index (χ2n) is 6.02. The molecule has 0 spiro atoms. The van der Waals surface area contributed by atoms with Gasteiger partial charge in [0.2, 0.25) is 5.91 Å². The van der Waals surface area contributed by atoms with E-state index in [4.69, 9.17) is 16.0 Å². The van der Waals surface area contributed by atoms with Crippen molar-refractivity contribution in [3.05, 3.63) is 58.8 Å². The highest BCUT2D eigenvalue weighted by molar-refractivity contribution is 6.31. The Bertz CT molecular complexity index is 735. The van der Waals surface area contributed by atoms with Gasteiger partial charge in [-0.15, -0.1) is 0 Å². The number of halogens is 2. The molecular formula is C18H18ClFN2O3. The predicted molar refractivity (Wildman–Crippen MR) is 90.9 cm³/mol. The van der Waals surface area contributed by atoms with Gasteiger partial charge in [-0.1, -0.05) is 17.7 Å². The second kappa shape index (κ2) is 7.70. The van der Waals surface area contributed by atoms with E-state index in [1.807, 2.05) is 0 Å². The summed E-state index contributed by atoms with van der Waals surface area (Å²) in [5.41, 5.74) is 0.728. The average molecular weight is 365 g/mol. The van der Waals surface area contributed by atoms with Gasteiger partial charge in [0.1, 0.15) is 12.1 Å². The van der Waals surface area contributed by atoms with Gasteiger partial charge in [-0.2, -0.15) is 0 Å². The minimum atomic E-state index is -0.483. The van der Waals surface area contributed by atoms with E-state index in [2.05, 4.69) is 5.32 Å². The Hall–Kier alpha value is -2.34. The summed E-state index contributed by atoms with van der Waals surface area (Å²) in [6.07, 6.45) is 4.10. The fraction of sp³-hybridized carbons (Fsp3) is 0.333. The molecule has 5 nitrogen and oxygen atoms in total. The molecule has 132 valence electrons. The molecule has 0 atom stereocenters. The number of rotatable bonds is 4. The third kappa shape index (κ3) is 4.20. The second-order valence-corrected chi connectivity index (χ2v) is 6.43. The highest BCUT2D eigenvalue weighted by atomic mass is 35.5. The van der Waals surface area contributed by atoms with Crippen LogP contribution in [0.15, 0.2) is 41.2 Å². The van der Waals surface area contributed by atoms with Crippen molar-refractivity contribution in [2.24, 2.45) is 0 Å². The van der Waals surface area contributed by atoms with E-state index in [9.17, 15) is 14.0 Å². The number of nitrogens with zero attached hydrogens (tertiary/aromatic N) is 1. The van der Waals surface area contributed by atoms with Crippen LogP contribution in [0, 0.1) is 5.82 Å². The number of hydrogen-bond acceptors (Lipinski definition) is 3. The number of nitrogens with one attached hydrogen (secondary N) is 1. The third-order valence-electron chi connectivity index (χ3n) is 4.31. The zero-order valence-electron chi connectivity index (χ0n) is 13.5. The maximum Gasteiger partial charge on any atom is 0.257 e. The molecule has 1 aliphatic rings. The van der Waals surface area contributed by atoms with E-state index in [1.165, 1.54) is 24.7 Å².